The van der Waals surface area contributed by atoms with Crippen LogP contribution in [0.3, 0.4) is 0 Å². The fraction of sp³-hybridized carbons (Fsp3) is 0.692. The molecule has 0 bridgehead atoms. The molecule has 0 spiro atoms. The molecule has 2 aliphatic carbocycles. The molecule has 7 atom stereocenters. The predicted molar refractivity (Wildman–Crippen MR) is 127 cm³/mol. The van der Waals surface area contributed by atoms with Gasteiger partial charge in [-0.25, -0.2) is 9.18 Å². The summed E-state index contributed by atoms with van der Waals surface area (Å²) < 4.78 is 19.2. The number of carbonyl (C=O) groups is 2. The molecule has 2 saturated carbocycles. The van der Waals surface area contributed by atoms with Gasteiger partial charge in [-0.1, -0.05) is 19.9 Å². The summed E-state index contributed by atoms with van der Waals surface area (Å²) in [6.07, 6.45) is 0.589. The number of hydrogen-bond acceptors (Lipinski definition) is 6. The van der Waals surface area contributed by atoms with Crippen LogP contribution >= 0.6 is 0 Å². The van der Waals surface area contributed by atoms with E-state index in [1.165, 1.54) is 18.2 Å². The van der Waals surface area contributed by atoms with Gasteiger partial charge in [0.15, 0.2) is 0 Å². The third kappa shape index (κ3) is 5.04. The monoisotopic (exact) mass is 492 g/mol. The number of anilines is 1. The Balaban J connectivity index is 1.49. The van der Waals surface area contributed by atoms with Crippen molar-refractivity contribution in [3.63, 3.8) is 0 Å². The quantitative estimate of drug-likeness (QED) is 0.502. The maximum Gasteiger partial charge on any atom is 0.411 e. The van der Waals surface area contributed by atoms with Crippen LogP contribution in [-0.2, 0) is 9.53 Å². The molecule has 4 N–H and O–H groups in total. The minimum absolute atomic E-state index is 0.0639. The first-order valence-corrected chi connectivity index (χ1v) is 12.5. The molecule has 9 heteroatoms. The molecule has 1 heterocycles. The number of rotatable bonds is 5. The number of carbonyl (C=O) groups excluding carboxylic acids is 2. The summed E-state index contributed by atoms with van der Waals surface area (Å²) in [6, 6.07) is 5.54. The van der Waals surface area contributed by atoms with Crippen LogP contribution in [0.5, 0.6) is 0 Å². The number of likely N-dealkylation sites (tertiary alicyclic amines) is 1. The zero-order valence-electron chi connectivity index (χ0n) is 20.5. The summed E-state index contributed by atoms with van der Waals surface area (Å²) in [5.41, 5.74) is -0.910. The summed E-state index contributed by atoms with van der Waals surface area (Å²) in [4.78, 5) is 27.3. The zero-order valence-corrected chi connectivity index (χ0v) is 20.5. The fourth-order valence-corrected chi connectivity index (χ4v) is 6.91. The number of nitrogens with one attached hydrogen (secondary N) is 1. The number of β-amino-alcohol motifs (C(OH)–C–C–N with tert-alkyl or cyclic N) is 1. The van der Waals surface area contributed by atoms with E-state index in [4.69, 9.17) is 4.74 Å². The van der Waals surface area contributed by atoms with Crippen molar-refractivity contribution in [2.24, 2.45) is 22.7 Å². The number of hydrogen-bond donors (Lipinski definition) is 4. The smallest absolute Gasteiger partial charge is 0.411 e. The molecule has 3 fully saturated rings. The Morgan fingerprint density at radius 3 is 2.63 bits per heavy atom. The highest BCUT2D eigenvalue weighted by Crippen LogP contribution is 2.61. The van der Waals surface area contributed by atoms with Gasteiger partial charge in [-0.3, -0.25) is 10.1 Å². The van der Waals surface area contributed by atoms with Gasteiger partial charge < -0.3 is 25.0 Å². The summed E-state index contributed by atoms with van der Waals surface area (Å²) in [6.45, 7) is 4.62. The molecule has 3 aliphatic rings. The Hall–Kier alpha value is -2.23. The van der Waals surface area contributed by atoms with Gasteiger partial charge in [0, 0.05) is 30.6 Å². The van der Waals surface area contributed by atoms with Gasteiger partial charge in [0.1, 0.15) is 11.9 Å². The highest BCUT2D eigenvalue weighted by molar-refractivity contribution is 5.84. The second-order valence-corrected chi connectivity index (χ2v) is 11.0. The van der Waals surface area contributed by atoms with Crippen molar-refractivity contribution < 1.29 is 34.0 Å². The largest absolute Gasteiger partial charge is 0.445 e. The van der Waals surface area contributed by atoms with Crippen molar-refractivity contribution in [3.8, 4) is 0 Å². The molecule has 1 aromatic carbocycles. The number of amides is 2. The molecule has 1 aromatic rings. The van der Waals surface area contributed by atoms with Crippen molar-refractivity contribution in [2.75, 3.05) is 25.0 Å². The number of ether oxygens (including phenoxy) is 1. The van der Waals surface area contributed by atoms with E-state index < -0.39 is 41.1 Å². The Morgan fingerprint density at radius 2 is 1.97 bits per heavy atom. The lowest BCUT2D eigenvalue weighted by molar-refractivity contribution is -0.186. The average Bonchev–Trinajstić information content (AvgIpc) is 3.24. The molecule has 8 nitrogen and oxygen atoms in total. The lowest BCUT2D eigenvalue weighted by Gasteiger charge is -2.60. The van der Waals surface area contributed by atoms with Crippen molar-refractivity contribution in [1.82, 2.24) is 4.90 Å². The molecule has 4 rings (SSSR count). The highest BCUT2D eigenvalue weighted by Gasteiger charge is 2.60. The molecule has 1 saturated heterocycles. The van der Waals surface area contributed by atoms with Crippen molar-refractivity contribution in [1.29, 1.82) is 0 Å². The Kier molecular flexibility index (Phi) is 7.41. The van der Waals surface area contributed by atoms with Gasteiger partial charge in [0.2, 0.25) is 5.91 Å². The van der Waals surface area contributed by atoms with E-state index in [-0.39, 0.29) is 36.5 Å². The first kappa shape index (κ1) is 25.9. The molecule has 0 radical (unpaired) electrons. The topological polar surface area (TPSA) is 119 Å². The Labute approximate surface area is 205 Å². The lowest BCUT2D eigenvalue weighted by Crippen LogP contribution is -2.61. The van der Waals surface area contributed by atoms with E-state index in [0.29, 0.717) is 45.2 Å². The van der Waals surface area contributed by atoms with Crippen LogP contribution in [0.25, 0.3) is 0 Å². The first-order valence-electron chi connectivity index (χ1n) is 12.5. The summed E-state index contributed by atoms with van der Waals surface area (Å²) in [5, 5.41) is 33.8. The standard InChI is InChI=1S/C26H37FN2O6/c1-25-10-8-22(35-24(34)28-17-5-3-4-16(27)12-17)26(2,15-30)21(25)7-6-20(32)19(25)13-23(33)29-11-9-18(31)14-29/h3-5,12,18-22,30-32H,6-11,13-15H2,1-2H3,(H,28,34). The Morgan fingerprint density at radius 1 is 1.20 bits per heavy atom. The maximum absolute atomic E-state index is 13.5. The van der Waals surface area contributed by atoms with Crippen LogP contribution in [0.15, 0.2) is 24.3 Å². The second-order valence-electron chi connectivity index (χ2n) is 11.0. The number of halogens is 1. The van der Waals surface area contributed by atoms with E-state index >= 15 is 0 Å². The van der Waals surface area contributed by atoms with Crippen molar-refractivity contribution in [3.05, 3.63) is 30.1 Å². The van der Waals surface area contributed by atoms with Crippen molar-refractivity contribution in [2.45, 2.75) is 70.7 Å². The van der Waals surface area contributed by atoms with Gasteiger partial charge in [-0.2, -0.15) is 0 Å². The molecule has 35 heavy (non-hydrogen) atoms. The number of aliphatic hydroxyl groups excluding tert-OH is 3. The normalized spacial score (nSPS) is 37.0. The minimum atomic E-state index is -0.766. The molecule has 1 aliphatic heterocycles. The molecular weight excluding hydrogens is 455 g/mol. The summed E-state index contributed by atoms with van der Waals surface area (Å²) in [5.74, 6) is -0.905. The highest BCUT2D eigenvalue weighted by atomic mass is 19.1. The summed E-state index contributed by atoms with van der Waals surface area (Å²) >= 11 is 0. The van der Waals surface area contributed by atoms with Gasteiger partial charge in [0.05, 0.1) is 18.8 Å². The van der Waals surface area contributed by atoms with Gasteiger partial charge in [0.25, 0.3) is 0 Å². The molecule has 7 unspecified atom stereocenters. The number of aliphatic hydroxyl groups is 3. The van der Waals surface area contributed by atoms with E-state index in [9.17, 15) is 29.3 Å². The van der Waals surface area contributed by atoms with Gasteiger partial charge in [-0.15, -0.1) is 0 Å². The predicted octanol–water partition coefficient (Wildman–Crippen LogP) is 2.91. The van der Waals surface area contributed by atoms with Crippen LogP contribution in [0.4, 0.5) is 14.9 Å². The average molecular weight is 493 g/mol. The minimum Gasteiger partial charge on any atom is -0.445 e. The fourth-order valence-electron chi connectivity index (χ4n) is 6.91. The number of benzene rings is 1. The second kappa shape index (κ2) is 10.0. The van der Waals surface area contributed by atoms with E-state index in [2.05, 4.69) is 12.2 Å². The van der Waals surface area contributed by atoms with Gasteiger partial charge >= 0.3 is 6.09 Å². The zero-order chi connectivity index (χ0) is 25.4. The third-order valence-electron chi connectivity index (χ3n) is 8.91. The number of nitrogens with zero attached hydrogens (tertiary/aromatic N) is 1. The molecule has 0 aromatic heterocycles. The lowest BCUT2D eigenvalue weighted by atomic mass is 9.46. The van der Waals surface area contributed by atoms with E-state index in [0.717, 1.165) is 0 Å². The van der Waals surface area contributed by atoms with Crippen LogP contribution in [0.2, 0.25) is 0 Å². The van der Waals surface area contributed by atoms with Crippen LogP contribution in [0.1, 0.15) is 52.4 Å². The molecule has 2 amide bonds. The van der Waals surface area contributed by atoms with E-state index in [1.807, 2.05) is 6.92 Å². The third-order valence-corrected chi connectivity index (χ3v) is 8.91. The van der Waals surface area contributed by atoms with Crippen molar-refractivity contribution >= 4 is 17.7 Å². The Bertz CT molecular complexity index is 946. The summed E-state index contributed by atoms with van der Waals surface area (Å²) in [7, 11) is 0. The van der Waals surface area contributed by atoms with Crippen LogP contribution in [0, 0.1) is 28.5 Å². The van der Waals surface area contributed by atoms with Gasteiger partial charge in [-0.05, 0) is 67.6 Å². The number of fused-ring (bicyclic) bond motifs is 1. The molecular formula is C26H37FN2O6. The van der Waals surface area contributed by atoms with Crippen LogP contribution < -0.4 is 5.32 Å². The SMILES string of the molecule is CC1(CO)C(OC(=O)Nc2cccc(F)c2)CCC2(C)C(CC(=O)N3CCC(O)C3)C(O)CCC12. The van der Waals surface area contributed by atoms with E-state index in [1.54, 1.807) is 11.0 Å². The first-order chi connectivity index (χ1) is 16.6. The maximum atomic E-state index is 13.5. The molecule has 194 valence electrons. The van der Waals surface area contributed by atoms with Crippen LogP contribution in [-0.4, -0.2) is 70.2 Å².